The zero-order chi connectivity index (χ0) is 23.8. The summed E-state index contributed by atoms with van der Waals surface area (Å²) in [6, 6.07) is 25.4. The minimum atomic E-state index is -0.603. The molecule has 0 heterocycles. The van der Waals surface area contributed by atoms with Crippen LogP contribution in [0.15, 0.2) is 78.9 Å². The molecule has 1 atom stereocenters. The van der Waals surface area contributed by atoms with Crippen molar-refractivity contribution in [3.63, 3.8) is 0 Å². The average Bonchev–Trinajstić information content (AvgIpc) is 2.77. The van der Waals surface area contributed by atoms with Crippen molar-refractivity contribution in [2.45, 2.75) is 59.2 Å². The van der Waals surface area contributed by atoms with E-state index in [-0.39, 0.29) is 24.3 Å². The standard InChI is InChI=1S/C29H34N2O2/c1-21(2)30-29(33)27(18-24-10-6-5-7-11-24)31(20-25-15-13-22(3)14-16-25)28(32)19-26-12-8-9-23(4)17-26/h5-17,21,27H,18-20H2,1-4H3,(H,30,33)/t27-/m0/s1. The Hall–Kier alpha value is -3.40. The molecule has 0 saturated carbocycles. The van der Waals surface area contributed by atoms with Gasteiger partial charge in [-0.25, -0.2) is 0 Å². The Morgan fingerprint density at radius 1 is 0.788 bits per heavy atom. The van der Waals surface area contributed by atoms with E-state index in [9.17, 15) is 9.59 Å². The molecule has 0 aliphatic heterocycles. The third kappa shape index (κ3) is 7.31. The van der Waals surface area contributed by atoms with Gasteiger partial charge >= 0.3 is 0 Å². The van der Waals surface area contributed by atoms with Gasteiger partial charge in [0, 0.05) is 19.0 Å². The number of aryl methyl sites for hydroxylation is 2. The molecule has 0 unspecified atom stereocenters. The number of nitrogens with one attached hydrogen (secondary N) is 1. The van der Waals surface area contributed by atoms with Crippen molar-refractivity contribution in [2.24, 2.45) is 0 Å². The fourth-order valence-corrected chi connectivity index (χ4v) is 3.92. The highest BCUT2D eigenvalue weighted by Gasteiger charge is 2.30. The topological polar surface area (TPSA) is 49.4 Å². The predicted octanol–water partition coefficient (Wildman–Crippen LogP) is 5.01. The lowest BCUT2D eigenvalue weighted by Crippen LogP contribution is -2.52. The maximum absolute atomic E-state index is 13.7. The van der Waals surface area contributed by atoms with Gasteiger partial charge in [-0.1, -0.05) is 90.0 Å². The molecule has 3 aromatic rings. The highest BCUT2D eigenvalue weighted by Crippen LogP contribution is 2.17. The second kappa shape index (κ2) is 11.5. The van der Waals surface area contributed by atoms with Crippen molar-refractivity contribution in [1.29, 1.82) is 0 Å². The molecular formula is C29H34N2O2. The van der Waals surface area contributed by atoms with E-state index in [1.807, 2.05) is 107 Å². The summed E-state index contributed by atoms with van der Waals surface area (Å²) in [6.45, 7) is 8.33. The SMILES string of the molecule is Cc1ccc(CN(C(=O)Cc2cccc(C)c2)[C@@H](Cc2ccccc2)C(=O)NC(C)C)cc1. The van der Waals surface area contributed by atoms with Crippen LogP contribution in [0.5, 0.6) is 0 Å². The first-order chi connectivity index (χ1) is 15.8. The number of benzene rings is 3. The van der Waals surface area contributed by atoms with Gasteiger partial charge in [0.15, 0.2) is 0 Å². The average molecular weight is 443 g/mol. The number of hydrogen-bond acceptors (Lipinski definition) is 2. The lowest BCUT2D eigenvalue weighted by Gasteiger charge is -2.32. The van der Waals surface area contributed by atoms with Crippen LogP contribution in [0.25, 0.3) is 0 Å². The summed E-state index contributed by atoms with van der Waals surface area (Å²) in [5, 5.41) is 3.03. The maximum atomic E-state index is 13.7. The Kier molecular flexibility index (Phi) is 8.42. The van der Waals surface area contributed by atoms with Crippen LogP contribution >= 0.6 is 0 Å². The molecule has 33 heavy (non-hydrogen) atoms. The maximum Gasteiger partial charge on any atom is 0.243 e. The van der Waals surface area contributed by atoms with E-state index >= 15 is 0 Å². The second-order valence-electron chi connectivity index (χ2n) is 9.04. The minimum absolute atomic E-state index is 0.0103. The van der Waals surface area contributed by atoms with E-state index in [4.69, 9.17) is 0 Å². The van der Waals surface area contributed by atoms with Crippen LogP contribution in [0, 0.1) is 13.8 Å². The van der Waals surface area contributed by atoms with Gasteiger partial charge in [0.1, 0.15) is 6.04 Å². The van der Waals surface area contributed by atoms with E-state index in [0.29, 0.717) is 13.0 Å². The van der Waals surface area contributed by atoms with Crippen LogP contribution in [0.3, 0.4) is 0 Å². The van der Waals surface area contributed by atoms with Crippen molar-refractivity contribution < 1.29 is 9.59 Å². The molecule has 172 valence electrons. The molecule has 0 aliphatic carbocycles. The van der Waals surface area contributed by atoms with Crippen molar-refractivity contribution in [1.82, 2.24) is 10.2 Å². The van der Waals surface area contributed by atoms with Gasteiger partial charge in [0.25, 0.3) is 0 Å². The first-order valence-corrected chi connectivity index (χ1v) is 11.6. The molecule has 3 aromatic carbocycles. The third-order valence-corrected chi connectivity index (χ3v) is 5.61. The number of rotatable bonds is 9. The van der Waals surface area contributed by atoms with Crippen molar-refractivity contribution >= 4 is 11.8 Å². The Bertz CT molecular complexity index is 1060. The normalized spacial score (nSPS) is 11.8. The van der Waals surface area contributed by atoms with Crippen LogP contribution in [0.4, 0.5) is 0 Å². The molecule has 3 rings (SSSR count). The third-order valence-electron chi connectivity index (χ3n) is 5.61. The number of amides is 2. The Morgan fingerprint density at radius 2 is 1.45 bits per heavy atom. The first-order valence-electron chi connectivity index (χ1n) is 11.6. The molecule has 4 nitrogen and oxygen atoms in total. The highest BCUT2D eigenvalue weighted by molar-refractivity contribution is 5.89. The first kappa shape index (κ1) is 24.2. The zero-order valence-corrected chi connectivity index (χ0v) is 20.0. The van der Waals surface area contributed by atoms with E-state index in [1.165, 1.54) is 0 Å². The molecule has 0 aliphatic rings. The van der Waals surface area contributed by atoms with E-state index in [0.717, 1.165) is 27.8 Å². The van der Waals surface area contributed by atoms with Gasteiger partial charge in [-0.2, -0.15) is 0 Å². The molecule has 0 spiro atoms. The largest absolute Gasteiger partial charge is 0.352 e. The predicted molar refractivity (Wildman–Crippen MR) is 134 cm³/mol. The quantitative estimate of drug-likeness (QED) is 0.506. The highest BCUT2D eigenvalue weighted by atomic mass is 16.2. The molecule has 0 radical (unpaired) electrons. The second-order valence-corrected chi connectivity index (χ2v) is 9.04. The molecule has 0 saturated heterocycles. The van der Waals surface area contributed by atoms with Crippen LogP contribution in [0.2, 0.25) is 0 Å². The van der Waals surface area contributed by atoms with Gasteiger partial charge in [0.05, 0.1) is 6.42 Å². The Morgan fingerprint density at radius 3 is 2.09 bits per heavy atom. The summed E-state index contributed by atoms with van der Waals surface area (Å²) in [5.74, 6) is -0.181. The minimum Gasteiger partial charge on any atom is -0.352 e. The Labute approximate surface area is 197 Å². The number of carbonyl (C=O) groups is 2. The fourth-order valence-electron chi connectivity index (χ4n) is 3.92. The van der Waals surface area contributed by atoms with Gasteiger partial charge in [-0.3, -0.25) is 9.59 Å². The number of carbonyl (C=O) groups excluding carboxylic acids is 2. The number of nitrogens with zero attached hydrogens (tertiary/aromatic N) is 1. The van der Waals surface area contributed by atoms with Gasteiger partial charge in [0.2, 0.25) is 11.8 Å². The summed E-state index contributed by atoms with van der Waals surface area (Å²) < 4.78 is 0. The summed E-state index contributed by atoms with van der Waals surface area (Å²) in [7, 11) is 0. The summed E-state index contributed by atoms with van der Waals surface area (Å²) in [4.78, 5) is 28.8. The summed E-state index contributed by atoms with van der Waals surface area (Å²) >= 11 is 0. The molecule has 1 N–H and O–H groups in total. The molecule has 0 bridgehead atoms. The fraction of sp³-hybridized carbons (Fsp3) is 0.310. The van der Waals surface area contributed by atoms with Crippen LogP contribution < -0.4 is 5.32 Å². The molecule has 4 heteroatoms. The summed E-state index contributed by atoms with van der Waals surface area (Å²) in [6.07, 6.45) is 0.721. The Balaban J connectivity index is 1.96. The van der Waals surface area contributed by atoms with Crippen LogP contribution in [0.1, 0.15) is 41.7 Å². The zero-order valence-electron chi connectivity index (χ0n) is 20.0. The molecular weight excluding hydrogens is 408 g/mol. The summed E-state index contributed by atoms with van der Waals surface area (Å²) in [5.41, 5.74) is 5.27. The molecule has 0 fully saturated rings. The van der Waals surface area contributed by atoms with E-state index in [2.05, 4.69) is 5.32 Å². The van der Waals surface area contributed by atoms with Gasteiger partial charge in [-0.05, 0) is 44.4 Å². The van der Waals surface area contributed by atoms with Gasteiger partial charge < -0.3 is 10.2 Å². The molecule has 2 amide bonds. The van der Waals surface area contributed by atoms with Crippen LogP contribution in [-0.2, 0) is 29.0 Å². The monoisotopic (exact) mass is 442 g/mol. The smallest absolute Gasteiger partial charge is 0.243 e. The van der Waals surface area contributed by atoms with Crippen molar-refractivity contribution in [3.05, 3.63) is 107 Å². The lowest BCUT2D eigenvalue weighted by atomic mass is 10.0. The van der Waals surface area contributed by atoms with Gasteiger partial charge in [-0.15, -0.1) is 0 Å². The molecule has 0 aromatic heterocycles. The number of hydrogen-bond donors (Lipinski definition) is 1. The van der Waals surface area contributed by atoms with E-state index in [1.54, 1.807) is 4.90 Å². The lowest BCUT2D eigenvalue weighted by molar-refractivity contribution is -0.141. The van der Waals surface area contributed by atoms with E-state index < -0.39 is 6.04 Å². The van der Waals surface area contributed by atoms with Crippen molar-refractivity contribution in [2.75, 3.05) is 0 Å². The van der Waals surface area contributed by atoms with Crippen molar-refractivity contribution in [3.8, 4) is 0 Å². The van der Waals surface area contributed by atoms with Crippen LogP contribution in [-0.4, -0.2) is 28.8 Å².